The summed E-state index contributed by atoms with van der Waals surface area (Å²) in [4.78, 5) is 0. The number of rotatable bonds is 4. The molecule has 0 heterocycles. The number of hydrogen-bond donors (Lipinski definition) is 2. The van der Waals surface area contributed by atoms with Crippen molar-refractivity contribution in [2.45, 2.75) is 31.5 Å². The summed E-state index contributed by atoms with van der Waals surface area (Å²) in [6.07, 6.45) is 1.63. The number of methoxy groups -OCH3 is 1. The molecule has 3 heteroatoms. The highest BCUT2D eigenvalue weighted by Gasteiger charge is 2.26. The molecule has 2 aromatic carbocycles. The number of fused-ring (bicyclic) bond motifs is 1. The van der Waals surface area contributed by atoms with Crippen LogP contribution in [-0.4, -0.2) is 24.4 Å². The maximum absolute atomic E-state index is 9.30. The lowest BCUT2D eigenvalue weighted by atomic mass is 9.89. The maximum Gasteiger partial charge on any atom is 0.126 e. The molecule has 19 heavy (non-hydrogen) atoms. The van der Waals surface area contributed by atoms with Gasteiger partial charge in [-0.15, -0.1) is 0 Å². The van der Waals surface area contributed by atoms with E-state index >= 15 is 0 Å². The zero-order valence-corrected chi connectivity index (χ0v) is 11.1. The van der Waals surface area contributed by atoms with Gasteiger partial charge < -0.3 is 15.2 Å². The van der Waals surface area contributed by atoms with E-state index in [4.69, 9.17) is 4.74 Å². The van der Waals surface area contributed by atoms with E-state index in [0.717, 1.165) is 30.5 Å². The van der Waals surface area contributed by atoms with Crippen molar-refractivity contribution in [3.8, 4) is 5.75 Å². The smallest absolute Gasteiger partial charge is 0.126 e. The topological polar surface area (TPSA) is 41.5 Å². The molecule has 0 saturated heterocycles. The molecule has 0 unspecified atom stereocenters. The van der Waals surface area contributed by atoms with Crippen LogP contribution in [0.4, 0.5) is 0 Å². The summed E-state index contributed by atoms with van der Waals surface area (Å²) in [5, 5.41) is 15.2. The molecule has 100 valence electrons. The lowest BCUT2D eigenvalue weighted by molar-refractivity contribution is 0.0620. The Morgan fingerprint density at radius 1 is 1.16 bits per heavy atom. The van der Waals surface area contributed by atoms with E-state index < -0.39 is 0 Å². The van der Waals surface area contributed by atoms with Crippen LogP contribution in [0.3, 0.4) is 0 Å². The Balaban J connectivity index is 1.83. The number of aliphatic hydroxyl groups is 1. The van der Waals surface area contributed by atoms with Gasteiger partial charge in [-0.3, -0.25) is 0 Å². The van der Waals surface area contributed by atoms with Crippen LogP contribution in [-0.2, 0) is 6.54 Å². The molecule has 0 radical (unpaired) electrons. The Morgan fingerprint density at radius 2 is 1.89 bits per heavy atom. The first-order valence-corrected chi connectivity index (χ1v) is 6.74. The second kappa shape index (κ2) is 5.19. The van der Waals surface area contributed by atoms with E-state index in [1.54, 1.807) is 7.11 Å². The minimum Gasteiger partial charge on any atom is -0.496 e. The third kappa shape index (κ3) is 2.44. The van der Waals surface area contributed by atoms with E-state index in [1.807, 2.05) is 12.1 Å². The summed E-state index contributed by atoms with van der Waals surface area (Å²) < 4.78 is 5.40. The van der Waals surface area contributed by atoms with Crippen molar-refractivity contribution in [3.63, 3.8) is 0 Å². The largest absolute Gasteiger partial charge is 0.496 e. The van der Waals surface area contributed by atoms with Crippen LogP contribution >= 0.6 is 0 Å². The minimum absolute atomic E-state index is 0.106. The van der Waals surface area contributed by atoms with Crippen molar-refractivity contribution in [1.29, 1.82) is 0 Å². The summed E-state index contributed by atoms with van der Waals surface area (Å²) in [7, 11) is 1.70. The van der Waals surface area contributed by atoms with Crippen LogP contribution in [0.15, 0.2) is 36.4 Å². The fraction of sp³-hybridized carbons (Fsp3) is 0.375. The predicted molar refractivity (Wildman–Crippen MR) is 76.4 cm³/mol. The van der Waals surface area contributed by atoms with Gasteiger partial charge in [-0.25, -0.2) is 0 Å². The molecule has 3 rings (SSSR count). The van der Waals surface area contributed by atoms with Gasteiger partial charge in [-0.2, -0.15) is 0 Å². The van der Waals surface area contributed by atoms with Gasteiger partial charge in [-0.05, 0) is 29.9 Å². The van der Waals surface area contributed by atoms with Crippen molar-refractivity contribution in [1.82, 2.24) is 5.32 Å². The molecule has 1 aliphatic carbocycles. The first-order chi connectivity index (χ1) is 9.28. The minimum atomic E-state index is -0.106. The van der Waals surface area contributed by atoms with E-state index in [-0.39, 0.29) is 6.10 Å². The van der Waals surface area contributed by atoms with Crippen molar-refractivity contribution in [2.75, 3.05) is 7.11 Å². The van der Waals surface area contributed by atoms with Gasteiger partial charge >= 0.3 is 0 Å². The molecule has 0 spiro atoms. The van der Waals surface area contributed by atoms with Crippen LogP contribution in [0.25, 0.3) is 10.8 Å². The van der Waals surface area contributed by atoms with Crippen molar-refractivity contribution in [2.24, 2.45) is 0 Å². The molecule has 1 fully saturated rings. The molecule has 1 aliphatic rings. The summed E-state index contributed by atoms with van der Waals surface area (Å²) in [6, 6.07) is 12.9. The fourth-order valence-corrected chi connectivity index (χ4v) is 2.67. The van der Waals surface area contributed by atoms with Crippen LogP contribution in [0, 0.1) is 0 Å². The van der Waals surface area contributed by atoms with Crippen LogP contribution in [0.5, 0.6) is 5.75 Å². The molecule has 2 aromatic rings. The second-order valence-corrected chi connectivity index (χ2v) is 5.18. The third-order valence-electron chi connectivity index (χ3n) is 3.89. The first kappa shape index (κ1) is 12.5. The SMILES string of the molecule is COc1ccc(CNC2CC(O)C2)c2ccccc12. The number of benzene rings is 2. The predicted octanol–water partition coefficient (Wildman–Crippen LogP) is 2.46. The molecule has 0 bridgehead atoms. The van der Waals surface area contributed by atoms with Crippen LogP contribution in [0.2, 0.25) is 0 Å². The Bertz CT molecular complexity index is 576. The average Bonchev–Trinajstić information content (AvgIpc) is 2.42. The van der Waals surface area contributed by atoms with Gasteiger partial charge in [0, 0.05) is 18.0 Å². The fourth-order valence-electron chi connectivity index (χ4n) is 2.67. The van der Waals surface area contributed by atoms with E-state index in [9.17, 15) is 5.11 Å². The van der Waals surface area contributed by atoms with Crippen molar-refractivity contribution in [3.05, 3.63) is 42.0 Å². The van der Waals surface area contributed by atoms with Crippen LogP contribution in [0.1, 0.15) is 18.4 Å². The monoisotopic (exact) mass is 257 g/mol. The number of ether oxygens (including phenoxy) is 1. The molecule has 1 saturated carbocycles. The highest BCUT2D eigenvalue weighted by molar-refractivity contribution is 5.91. The van der Waals surface area contributed by atoms with Crippen molar-refractivity contribution < 1.29 is 9.84 Å². The molecular formula is C16H19NO2. The molecular weight excluding hydrogens is 238 g/mol. The lowest BCUT2D eigenvalue weighted by Gasteiger charge is -2.32. The van der Waals surface area contributed by atoms with Gasteiger partial charge in [0.1, 0.15) is 5.75 Å². The highest BCUT2D eigenvalue weighted by Crippen LogP contribution is 2.28. The molecule has 0 atom stereocenters. The first-order valence-electron chi connectivity index (χ1n) is 6.74. The van der Waals surface area contributed by atoms with Gasteiger partial charge in [0.2, 0.25) is 0 Å². The quantitative estimate of drug-likeness (QED) is 0.884. The standard InChI is InChI=1S/C16H19NO2/c1-19-16-7-6-11(10-17-12-8-13(18)9-12)14-4-2-3-5-15(14)16/h2-7,12-13,17-18H,8-10H2,1H3. The summed E-state index contributed by atoms with van der Waals surface area (Å²) >= 11 is 0. The molecule has 3 nitrogen and oxygen atoms in total. The maximum atomic E-state index is 9.30. The Morgan fingerprint density at radius 3 is 2.58 bits per heavy atom. The Labute approximate surface area is 113 Å². The third-order valence-corrected chi connectivity index (χ3v) is 3.89. The van der Waals surface area contributed by atoms with E-state index in [1.165, 1.54) is 10.9 Å². The van der Waals surface area contributed by atoms with Gasteiger partial charge in [-0.1, -0.05) is 30.3 Å². The highest BCUT2D eigenvalue weighted by atomic mass is 16.5. The van der Waals surface area contributed by atoms with E-state index in [2.05, 4.69) is 29.6 Å². The molecule has 2 N–H and O–H groups in total. The summed E-state index contributed by atoms with van der Waals surface area (Å²) in [5.74, 6) is 0.915. The normalized spacial score (nSPS) is 22.2. The lowest BCUT2D eigenvalue weighted by Crippen LogP contribution is -2.43. The number of hydrogen-bond acceptors (Lipinski definition) is 3. The Kier molecular flexibility index (Phi) is 3.40. The molecule has 0 aromatic heterocycles. The van der Waals surface area contributed by atoms with Gasteiger partial charge in [0.25, 0.3) is 0 Å². The zero-order valence-electron chi connectivity index (χ0n) is 11.1. The molecule has 0 amide bonds. The van der Waals surface area contributed by atoms with E-state index in [0.29, 0.717) is 6.04 Å². The van der Waals surface area contributed by atoms with Gasteiger partial charge in [0.05, 0.1) is 13.2 Å². The summed E-state index contributed by atoms with van der Waals surface area (Å²) in [5.41, 5.74) is 1.28. The molecule has 0 aliphatic heterocycles. The second-order valence-electron chi connectivity index (χ2n) is 5.18. The van der Waals surface area contributed by atoms with Gasteiger partial charge in [0.15, 0.2) is 0 Å². The van der Waals surface area contributed by atoms with Crippen molar-refractivity contribution >= 4 is 10.8 Å². The number of nitrogens with one attached hydrogen (secondary N) is 1. The Hall–Kier alpha value is -1.58. The van der Waals surface area contributed by atoms with Crippen LogP contribution < -0.4 is 10.1 Å². The summed E-state index contributed by atoms with van der Waals surface area (Å²) in [6.45, 7) is 0.835. The zero-order chi connectivity index (χ0) is 13.2. The number of aliphatic hydroxyl groups excluding tert-OH is 1. The average molecular weight is 257 g/mol.